The van der Waals surface area contributed by atoms with E-state index in [1.54, 1.807) is 19.5 Å². The molecule has 0 N–H and O–H groups in total. The van der Waals surface area contributed by atoms with Gasteiger partial charge in [0.05, 0.1) is 19.5 Å². The number of amides is 1. The molecule has 0 saturated carbocycles. The quantitative estimate of drug-likeness (QED) is 0.682. The molecule has 7 nitrogen and oxygen atoms in total. The van der Waals surface area contributed by atoms with Gasteiger partial charge in [-0.15, -0.1) is 0 Å². The highest BCUT2D eigenvalue weighted by Crippen LogP contribution is 2.22. The van der Waals surface area contributed by atoms with Crippen LogP contribution in [-0.4, -0.2) is 67.2 Å². The fourth-order valence-corrected chi connectivity index (χ4v) is 3.60. The lowest BCUT2D eigenvalue weighted by Crippen LogP contribution is -2.46. The first-order valence-electron chi connectivity index (χ1n) is 10.4. The Morgan fingerprint density at radius 1 is 0.966 bits per heavy atom. The van der Waals surface area contributed by atoms with Crippen LogP contribution in [0.25, 0.3) is 0 Å². The molecule has 1 aliphatic heterocycles. The van der Waals surface area contributed by atoms with Gasteiger partial charge in [-0.1, -0.05) is 13.8 Å². The fraction of sp³-hybridized carbons (Fsp3) is 0.500. The first-order chi connectivity index (χ1) is 14.2. The van der Waals surface area contributed by atoms with Gasteiger partial charge in [-0.25, -0.2) is 9.97 Å². The molecule has 2 heterocycles. The zero-order valence-electron chi connectivity index (χ0n) is 17.7. The largest absolute Gasteiger partial charge is 0.497 e. The molecule has 0 atom stereocenters. The average molecular weight is 398 g/mol. The summed E-state index contributed by atoms with van der Waals surface area (Å²) in [4.78, 5) is 28.0. The van der Waals surface area contributed by atoms with Crippen molar-refractivity contribution in [2.24, 2.45) is 0 Å². The van der Waals surface area contributed by atoms with Gasteiger partial charge in [-0.3, -0.25) is 4.79 Å². The zero-order chi connectivity index (χ0) is 20.6. The Morgan fingerprint density at radius 2 is 1.59 bits per heavy atom. The predicted molar refractivity (Wildman–Crippen MR) is 116 cm³/mol. The average Bonchev–Trinajstić information content (AvgIpc) is 2.79. The van der Waals surface area contributed by atoms with E-state index in [1.165, 1.54) is 5.69 Å². The molecule has 1 amide bonds. The van der Waals surface area contributed by atoms with Crippen molar-refractivity contribution >= 4 is 17.4 Å². The fourth-order valence-electron chi connectivity index (χ4n) is 3.60. The second kappa shape index (κ2) is 10.1. The number of ether oxygens (including phenoxy) is 1. The second-order valence-electron chi connectivity index (χ2n) is 7.22. The van der Waals surface area contributed by atoms with Crippen LogP contribution in [0.15, 0.2) is 36.7 Å². The van der Waals surface area contributed by atoms with E-state index < -0.39 is 0 Å². The molecule has 0 unspecified atom stereocenters. The summed E-state index contributed by atoms with van der Waals surface area (Å²) in [5, 5.41) is 0. The molecule has 0 spiro atoms. The molecule has 29 heavy (non-hydrogen) atoms. The van der Waals surface area contributed by atoms with Crippen molar-refractivity contribution in [3.8, 4) is 5.75 Å². The van der Waals surface area contributed by atoms with Crippen LogP contribution >= 0.6 is 0 Å². The van der Waals surface area contributed by atoms with E-state index in [9.17, 15) is 4.79 Å². The monoisotopic (exact) mass is 397 g/mol. The highest BCUT2D eigenvalue weighted by molar-refractivity contribution is 5.92. The van der Waals surface area contributed by atoms with Crippen LogP contribution in [-0.2, 0) is 0 Å². The lowest BCUT2D eigenvalue weighted by atomic mass is 10.2. The molecule has 3 rings (SSSR count). The van der Waals surface area contributed by atoms with Crippen LogP contribution in [0.2, 0.25) is 0 Å². The molecule has 156 valence electrons. The lowest BCUT2D eigenvalue weighted by molar-refractivity contribution is 0.0749. The minimum atomic E-state index is -0.0305. The third-order valence-electron chi connectivity index (χ3n) is 5.17. The van der Waals surface area contributed by atoms with Crippen molar-refractivity contribution in [2.45, 2.75) is 26.7 Å². The molecule has 0 radical (unpaired) electrons. The van der Waals surface area contributed by atoms with E-state index in [1.807, 2.05) is 17.0 Å². The molecule has 1 saturated heterocycles. The van der Waals surface area contributed by atoms with Crippen molar-refractivity contribution < 1.29 is 9.53 Å². The van der Waals surface area contributed by atoms with Crippen molar-refractivity contribution in [2.75, 3.05) is 56.2 Å². The summed E-state index contributed by atoms with van der Waals surface area (Å²) < 4.78 is 5.23. The van der Waals surface area contributed by atoms with E-state index >= 15 is 0 Å². The van der Waals surface area contributed by atoms with E-state index in [-0.39, 0.29) is 5.91 Å². The van der Waals surface area contributed by atoms with Crippen LogP contribution in [0.1, 0.15) is 37.2 Å². The number of piperazine rings is 1. The predicted octanol–water partition coefficient (Wildman–Crippen LogP) is 3.07. The van der Waals surface area contributed by atoms with Crippen molar-refractivity contribution in [3.05, 3.63) is 42.4 Å². The Bertz CT molecular complexity index is 765. The SMILES string of the molecule is CCCN(CCC)C(=O)c1cnc(N2CCN(c3ccc(OC)cc3)CC2)cn1. The van der Waals surface area contributed by atoms with Gasteiger partial charge in [0.1, 0.15) is 17.3 Å². The van der Waals surface area contributed by atoms with Gasteiger partial charge < -0.3 is 19.4 Å². The van der Waals surface area contributed by atoms with Crippen LogP contribution < -0.4 is 14.5 Å². The van der Waals surface area contributed by atoms with Gasteiger partial charge in [0.2, 0.25) is 0 Å². The summed E-state index contributed by atoms with van der Waals surface area (Å²) in [5.41, 5.74) is 1.62. The third-order valence-corrected chi connectivity index (χ3v) is 5.17. The van der Waals surface area contributed by atoms with Crippen LogP contribution in [0, 0.1) is 0 Å². The summed E-state index contributed by atoms with van der Waals surface area (Å²) in [5.74, 6) is 1.67. The number of benzene rings is 1. The van der Waals surface area contributed by atoms with Crippen molar-refractivity contribution in [3.63, 3.8) is 0 Å². The maximum absolute atomic E-state index is 12.7. The number of carbonyl (C=O) groups is 1. The van der Waals surface area contributed by atoms with E-state index in [4.69, 9.17) is 4.74 Å². The molecule has 2 aromatic rings. The van der Waals surface area contributed by atoms with E-state index in [0.717, 1.165) is 63.7 Å². The topological polar surface area (TPSA) is 61.8 Å². The summed E-state index contributed by atoms with van der Waals surface area (Å²) in [6.07, 6.45) is 5.23. The number of hydrogen-bond acceptors (Lipinski definition) is 6. The van der Waals surface area contributed by atoms with Gasteiger partial charge in [0.25, 0.3) is 5.91 Å². The summed E-state index contributed by atoms with van der Waals surface area (Å²) in [7, 11) is 1.68. The number of methoxy groups -OCH3 is 1. The maximum atomic E-state index is 12.7. The van der Waals surface area contributed by atoms with Gasteiger partial charge in [-0.05, 0) is 37.1 Å². The molecule has 0 aliphatic carbocycles. The third kappa shape index (κ3) is 5.16. The number of aromatic nitrogens is 2. The molecule has 1 aromatic heterocycles. The lowest BCUT2D eigenvalue weighted by Gasteiger charge is -2.36. The van der Waals surface area contributed by atoms with E-state index in [2.05, 4.69) is 45.7 Å². The van der Waals surface area contributed by atoms with Crippen LogP contribution in [0.4, 0.5) is 11.5 Å². The van der Waals surface area contributed by atoms with Crippen molar-refractivity contribution in [1.82, 2.24) is 14.9 Å². The Hall–Kier alpha value is -2.83. The number of rotatable bonds is 8. The van der Waals surface area contributed by atoms with Crippen molar-refractivity contribution in [1.29, 1.82) is 0 Å². The molecule has 7 heteroatoms. The summed E-state index contributed by atoms with van der Waals surface area (Å²) in [6.45, 7) is 9.22. The minimum Gasteiger partial charge on any atom is -0.497 e. The number of hydrogen-bond donors (Lipinski definition) is 0. The van der Waals surface area contributed by atoms with Gasteiger partial charge >= 0.3 is 0 Å². The summed E-state index contributed by atoms with van der Waals surface area (Å²) >= 11 is 0. The van der Waals surface area contributed by atoms with Crippen LogP contribution in [0.5, 0.6) is 5.75 Å². The molecular weight excluding hydrogens is 366 g/mol. The van der Waals surface area contributed by atoms with Gasteiger partial charge in [0.15, 0.2) is 0 Å². The maximum Gasteiger partial charge on any atom is 0.274 e. The normalized spacial score (nSPS) is 14.0. The molecule has 1 aliphatic rings. The van der Waals surface area contributed by atoms with Crippen LogP contribution in [0.3, 0.4) is 0 Å². The minimum absolute atomic E-state index is 0.0305. The Kier molecular flexibility index (Phi) is 7.27. The number of carbonyl (C=O) groups excluding carboxylic acids is 1. The molecule has 1 aromatic carbocycles. The smallest absolute Gasteiger partial charge is 0.274 e. The second-order valence-corrected chi connectivity index (χ2v) is 7.22. The Labute approximate surface area is 173 Å². The van der Waals surface area contributed by atoms with Gasteiger partial charge in [0, 0.05) is 45.0 Å². The molecule has 0 bridgehead atoms. The zero-order valence-corrected chi connectivity index (χ0v) is 17.7. The standard InChI is InChI=1S/C22H31N5O2/c1-4-10-27(11-5-2)22(28)20-16-24-21(17-23-20)26-14-12-25(13-15-26)18-6-8-19(29-3)9-7-18/h6-9,16-17H,4-5,10-15H2,1-3H3. The number of anilines is 2. The van der Waals surface area contributed by atoms with E-state index in [0.29, 0.717) is 5.69 Å². The first kappa shape index (κ1) is 20.9. The van der Waals surface area contributed by atoms with Gasteiger partial charge in [-0.2, -0.15) is 0 Å². The highest BCUT2D eigenvalue weighted by atomic mass is 16.5. The molecular formula is C22H31N5O2. The molecule has 1 fully saturated rings. The Balaban J connectivity index is 1.58. The summed E-state index contributed by atoms with van der Waals surface area (Å²) in [6, 6.07) is 8.16. The first-order valence-corrected chi connectivity index (χ1v) is 10.4. The Morgan fingerprint density at radius 3 is 2.10 bits per heavy atom. The highest BCUT2D eigenvalue weighted by Gasteiger charge is 2.20. The number of nitrogens with zero attached hydrogens (tertiary/aromatic N) is 5.